The molecule has 0 aliphatic rings. The molecule has 0 aliphatic heterocycles. The van der Waals surface area contributed by atoms with E-state index in [1.807, 2.05) is 0 Å². The first-order valence-electron chi connectivity index (χ1n) is 5.18. The molecule has 1 amide bonds. The maximum Gasteiger partial charge on any atom is 0.217 e. The minimum Gasteiger partial charge on any atom is -0.352 e. The number of amides is 1. The van der Waals surface area contributed by atoms with Crippen molar-refractivity contribution in [3.63, 3.8) is 0 Å². The molecule has 0 saturated carbocycles. The van der Waals surface area contributed by atoms with Crippen LogP contribution < -0.4 is 5.32 Å². The van der Waals surface area contributed by atoms with Crippen molar-refractivity contribution < 1.29 is 9.18 Å². The van der Waals surface area contributed by atoms with E-state index in [1.54, 1.807) is 29.1 Å². The summed E-state index contributed by atoms with van der Waals surface area (Å²) >= 11 is 0. The molecule has 0 unspecified atom stereocenters. The summed E-state index contributed by atoms with van der Waals surface area (Å²) in [5.74, 6) is -0.477. The predicted molar refractivity (Wildman–Crippen MR) is 61.0 cm³/mol. The van der Waals surface area contributed by atoms with Crippen LogP contribution in [0.2, 0.25) is 0 Å². The van der Waals surface area contributed by atoms with E-state index in [2.05, 4.69) is 10.3 Å². The molecule has 0 radical (unpaired) electrons. The third kappa shape index (κ3) is 2.69. The molecule has 2 aromatic rings. The third-order valence-electron chi connectivity index (χ3n) is 2.34. The first-order chi connectivity index (χ1) is 8.16. The Bertz CT molecular complexity index is 523. The number of aromatic nitrogens is 2. The SMILES string of the molecule is CC(=O)NCc1ccc(-n2ccnc2)c(F)c1. The van der Waals surface area contributed by atoms with Crippen LogP contribution in [0.5, 0.6) is 0 Å². The zero-order valence-corrected chi connectivity index (χ0v) is 9.35. The van der Waals surface area contributed by atoms with Gasteiger partial charge in [-0.2, -0.15) is 0 Å². The van der Waals surface area contributed by atoms with Gasteiger partial charge in [0.2, 0.25) is 5.91 Å². The normalized spacial score (nSPS) is 10.2. The fourth-order valence-corrected chi connectivity index (χ4v) is 1.50. The summed E-state index contributed by atoms with van der Waals surface area (Å²) in [7, 11) is 0. The summed E-state index contributed by atoms with van der Waals surface area (Å²) in [6.07, 6.45) is 4.79. The number of rotatable bonds is 3. The van der Waals surface area contributed by atoms with E-state index >= 15 is 0 Å². The van der Waals surface area contributed by atoms with Crippen molar-refractivity contribution in [3.05, 3.63) is 48.3 Å². The summed E-state index contributed by atoms with van der Waals surface area (Å²) in [5, 5.41) is 2.62. The Balaban J connectivity index is 2.20. The highest BCUT2D eigenvalue weighted by molar-refractivity contribution is 5.72. The van der Waals surface area contributed by atoms with Crippen molar-refractivity contribution in [1.29, 1.82) is 0 Å². The quantitative estimate of drug-likeness (QED) is 0.876. The average Bonchev–Trinajstić information content (AvgIpc) is 2.79. The molecule has 1 N–H and O–H groups in total. The molecule has 5 heteroatoms. The monoisotopic (exact) mass is 233 g/mol. The number of imidazole rings is 1. The summed E-state index contributed by atoms with van der Waals surface area (Å²) < 4.78 is 15.4. The smallest absolute Gasteiger partial charge is 0.217 e. The second-order valence-corrected chi connectivity index (χ2v) is 3.67. The lowest BCUT2D eigenvalue weighted by Gasteiger charge is -2.07. The van der Waals surface area contributed by atoms with Gasteiger partial charge in [-0.15, -0.1) is 0 Å². The zero-order valence-electron chi connectivity index (χ0n) is 9.35. The van der Waals surface area contributed by atoms with Gasteiger partial charge in [-0.25, -0.2) is 9.37 Å². The van der Waals surface area contributed by atoms with E-state index in [1.165, 1.54) is 19.3 Å². The van der Waals surface area contributed by atoms with Crippen molar-refractivity contribution in [2.24, 2.45) is 0 Å². The second-order valence-electron chi connectivity index (χ2n) is 3.67. The molecule has 0 spiro atoms. The van der Waals surface area contributed by atoms with Crippen LogP contribution in [0, 0.1) is 5.82 Å². The van der Waals surface area contributed by atoms with E-state index in [-0.39, 0.29) is 11.7 Å². The third-order valence-corrected chi connectivity index (χ3v) is 2.34. The molecule has 0 bridgehead atoms. The van der Waals surface area contributed by atoms with Gasteiger partial charge >= 0.3 is 0 Å². The fourth-order valence-electron chi connectivity index (χ4n) is 1.50. The lowest BCUT2D eigenvalue weighted by atomic mass is 10.2. The van der Waals surface area contributed by atoms with Gasteiger partial charge in [-0.05, 0) is 17.7 Å². The first kappa shape index (κ1) is 11.3. The zero-order chi connectivity index (χ0) is 12.3. The van der Waals surface area contributed by atoms with Gasteiger partial charge < -0.3 is 9.88 Å². The minimum atomic E-state index is -0.342. The van der Waals surface area contributed by atoms with E-state index in [0.29, 0.717) is 12.2 Å². The van der Waals surface area contributed by atoms with Crippen molar-refractivity contribution in [2.75, 3.05) is 0 Å². The molecule has 0 aliphatic carbocycles. The van der Waals surface area contributed by atoms with Gasteiger partial charge in [0.25, 0.3) is 0 Å². The molecule has 1 aromatic carbocycles. The van der Waals surface area contributed by atoms with Gasteiger partial charge in [-0.1, -0.05) is 6.07 Å². The Morgan fingerprint density at radius 3 is 2.94 bits per heavy atom. The first-order valence-corrected chi connectivity index (χ1v) is 5.18. The minimum absolute atomic E-state index is 0.135. The summed E-state index contributed by atoms with van der Waals surface area (Å²) in [6.45, 7) is 1.76. The van der Waals surface area contributed by atoms with Crippen LogP contribution in [0.1, 0.15) is 12.5 Å². The van der Waals surface area contributed by atoms with Crippen LogP contribution in [-0.2, 0) is 11.3 Å². The van der Waals surface area contributed by atoms with Gasteiger partial charge in [0.1, 0.15) is 5.82 Å². The lowest BCUT2D eigenvalue weighted by molar-refractivity contribution is -0.119. The van der Waals surface area contributed by atoms with Crippen LogP contribution in [0.15, 0.2) is 36.9 Å². The molecule has 88 valence electrons. The largest absolute Gasteiger partial charge is 0.352 e. The average molecular weight is 233 g/mol. The van der Waals surface area contributed by atoms with Crippen LogP contribution in [0.3, 0.4) is 0 Å². The molecular formula is C12H12FN3O. The van der Waals surface area contributed by atoms with Crippen LogP contribution in [0.4, 0.5) is 4.39 Å². The van der Waals surface area contributed by atoms with Crippen molar-refractivity contribution in [1.82, 2.24) is 14.9 Å². The Morgan fingerprint density at radius 2 is 2.35 bits per heavy atom. The Kier molecular flexibility index (Phi) is 3.18. The van der Waals surface area contributed by atoms with Gasteiger partial charge in [0.05, 0.1) is 12.0 Å². The molecule has 17 heavy (non-hydrogen) atoms. The number of carbonyl (C=O) groups is 1. The van der Waals surface area contributed by atoms with Crippen molar-refractivity contribution in [2.45, 2.75) is 13.5 Å². The van der Waals surface area contributed by atoms with Crippen LogP contribution in [-0.4, -0.2) is 15.5 Å². The summed E-state index contributed by atoms with van der Waals surface area (Å²) in [6, 6.07) is 4.84. The molecule has 1 heterocycles. The molecule has 2 rings (SSSR count). The highest BCUT2D eigenvalue weighted by Crippen LogP contribution is 2.14. The Hall–Kier alpha value is -2.17. The number of hydrogen-bond acceptors (Lipinski definition) is 2. The van der Waals surface area contributed by atoms with Gasteiger partial charge in [0.15, 0.2) is 0 Å². The maximum atomic E-state index is 13.8. The standard InChI is InChI=1S/C12H12FN3O/c1-9(17)15-7-10-2-3-12(11(13)6-10)16-5-4-14-8-16/h2-6,8H,7H2,1H3,(H,15,17). The topological polar surface area (TPSA) is 46.9 Å². The molecular weight excluding hydrogens is 221 g/mol. The van der Waals surface area contributed by atoms with E-state index < -0.39 is 0 Å². The summed E-state index contributed by atoms with van der Waals surface area (Å²) in [4.78, 5) is 14.6. The van der Waals surface area contributed by atoms with Gasteiger partial charge in [0, 0.05) is 25.9 Å². The number of halogens is 1. The van der Waals surface area contributed by atoms with Crippen LogP contribution >= 0.6 is 0 Å². The predicted octanol–water partition coefficient (Wildman–Crippen LogP) is 1.65. The summed E-state index contributed by atoms with van der Waals surface area (Å²) in [5.41, 5.74) is 1.16. The maximum absolute atomic E-state index is 13.8. The molecule has 1 aromatic heterocycles. The van der Waals surface area contributed by atoms with E-state index in [0.717, 1.165) is 5.56 Å². The fraction of sp³-hybridized carbons (Fsp3) is 0.167. The molecule has 0 saturated heterocycles. The number of nitrogens with one attached hydrogen (secondary N) is 1. The van der Waals surface area contributed by atoms with E-state index in [4.69, 9.17) is 0 Å². The molecule has 4 nitrogen and oxygen atoms in total. The number of nitrogens with zero attached hydrogens (tertiary/aromatic N) is 2. The highest BCUT2D eigenvalue weighted by Gasteiger charge is 2.05. The van der Waals surface area contributed by atoms with E-state index in [9.17, 15) is 9.18 Å². The number of benzene rings is 1. The second kappa shape index (κ2) is 4.78. The molecule has 0 atom stereocenters. The van der Waals surface area contributed by atoms with Crippen molar-refractivity contribution in [3.8, 4) is 5.69 Å². The number of hydrogen-bond donors (Lipinski definition) is 1. The van der Waals surface area contributed by atoms with Crippen molar-refractivity contribution >= 4 is 5.91 Å². The Morgan fingerprint density at radius 1 is 1.53 bits per heavy atom. The Labute approximate surface area is 98.1 Å². The van der Waals surface area contributed by atoms with Gasteiger partial charge in [-0.3, -0.25) is 4.79 Å². The number of carbonyl (C=O) groups excluding carboxylic acids is 1. The van der Waals surface area contributed by atoms with Crippen LogP contribution in [0.25, 0.3) is 5.69 Å². The lowest BCUT2D eigenvalue weighted by Crippen LogP contribution is -2.19. The molecule has 0 fully saturated rings. The highest BCUT2D eigenvalue weighted by atomic mass is 19.1.